The smallest absolute Gasteiger partial charge is 0.0601 e. The van der Waals surface area contributed by atoms with E-state index in [0.29, 0.717) is 6.10 Å². The zero-order valence-electron chi connectivity index (χ0n) is 11.2. The molecule has 0 spiro atoms. The van der Waals surface area contributed by atoms with E-state index in [0.717, 1.165) is 24.0 Å². The average Bonchev–Trinajstić information content (AvgIpc) is 2.52. The van der Waals surface area contributed by atoms with E-state index in [-0.39, 0.29) is 0 Å². The first-order valence-electron chi connectivity index (χ1n) is 7.24. The van der Waals surface area contributed by atoms with Gasteiger partial charge in [-0.05, 0) is 58.0 Å². The van der Waals surface area contributed by atoms with Crippen LogP contribution in [0.15, 0.2) is 0 Å². The van der Waals surface area contributed by atoms with E-state index in [1.807, 2.05) is 7.11 Å². The second-order valence-corrected chi connectivity index (χ2v) is 6.32. The van der Waals surface area contributed by atoms with E-state index in [4.69, 9.17) is 4.74 Å². The van der Waals surface area contributed by atoms with E-state index < -0.39 is 0 Å². The Morgan fingerprint density at radius 2 is 1.76 bits per heavy atom. The summed E-state index contributed by atoms with van der Waals surface area (Å²) >= 11 is 0. The van der Waals surface area contributed by atoms with Crippen molar-refractivity contribution in [3.63, 3.8) is 0 Å². The summed E-state index contributed by atoms with van der Waals surface area (Å²) in [6.45, 7) is 1.24. The van der Waals surface area contributed by atoms with Crippen molar-refractivity contribution in [3.8, 4) is 0 Å². The molecule has 0 radical (unpaired) electrons. The van der Waals surface area contributed by atoms with Crippen molar-refractivity contribution in [2.45, 2.75) is 62.8 Å². The van der Waals surface area contributed by atoms with Gasteiger partial charge >= 0.3 is 0 Å². The lowest BCUT2D eigenvalue weighted by molar-refractivity contribution is 0.0148. The summed E-state index contributed by atoms with van der Waals surface area (Å²) in [4.78, 5) is 2.63. The number of hydrogen-bond acceptors (Lipinski definition) is 3. The van der Waals surface area contributed by atoms with Gasteiger partial charge in [0, 0.05) is 25.2 Å². The highest BCUT2D eigenvalue weighted by molar-refractivity contribution is 4.95. The summed E-state index contributed by atoms with van der Waals surface area (Å²) in [5, 5.41) is 3.74. The maximum atomic E-state index is 5.32. The third-order valence-corrected chi connectivity index (χ3v) is 5.32. The Hall–Kier alpha value is -0.120. The van der Waals surface area contributed by atoms with Gasteiger partial charge in [0.1, 0.15) is 0 Å². The maximum Gasteiger partial charge on any atom is 0.0601 e. The molecule has 3 nitrogen and oxygen atoms in total. The van der Waals surface area contributed by atoms with Gasteiger partial charge in [0.2, 0.25) is 0 Å². The molecule has 98 valence electrons. The van der Waals surface area contributed by atoms with Gasteiger partial charge in [-0.25, -0.2) is 0 Å². The van der Waals surface area contributed by atoms with Gasteiger partial charge in [-0.1, -0.05) is 0 Å². The number of piperidine rings is 1. The van der Waals surface area contributed by atoms with Crippen LogP contribution in [0.25, 0.3) is 0 Å². The maximum absolute atomic E-state index is 5.32. The van der Waals surface area contributed by atoms with Crippen LogP contribution < -0.4 is 5.32 Å². The molecular weight excluding hydrogens is 212 g/mol. The molecule has 2 heterocycles. The van der Waals surface area contributed by atoms with Gasteiger partial charge in [-0.15, -0.1) is 0 Å². The Labute approximate surface area is 105 Å². The van der Waals surface area contributed by atoms with Crippen LogP contribution in [0.4, 0.5) is 0 Å². The van der Waals surface area contributed by atoms with Crippen molar-refractivity contribution in [3.05, 3.63) is 0 Å². The third-order valence-electron chi connectivity index (χ3n) is 5.32. The van der Waals surface area contributed by atoms with Crippen molar-refractivity contribution in [2.75, 3.05) is 20.7 Å². The summed E-state index contributed by atoms with van der Waals surface area (Å²) in [6, 6.07) is 2.50. The Balaban J connectivity index is 1.39. The van der Waals surface area contributed by atoms with Crippen molar-refractivity contribution >= 4 is 0 Å². The van der Waals surface area contributed by atoms with E-state index in [1.165, 1.54) is 45.1 Å². The molecule has 2 unspecified atom stereocenters. The molecule has 0 aromatic rings. The van der Waals surface area contributed by atoms with E-state index in [2.05, 4.69) is 17.3 Å². The predicted octanol–water partition coefficient (Wildman–Crippen LogP) is 1.63. The summed E-state index contributed by atoms with van der Waals surface area (Å²) in [7, 11) is 4.15. The van der Waals surface area contributed by atoms with Crippen LogP contribution in [0.2, 0.25) is 0 Å². The number of ether oxygens (including phenoxy) is 1. The highest BCUT2D eigenvalue weighted by Crippen LogP contribution is 2.37. The summed E-state index contributed by atoms with van der Waals surface area (Å²) in [6.07, 6.45) is 8.67. The van der Waals surface area contributed by atoms with Crippen molar-refractivity contribution in [1.82, 2.24) is 10.2 Å². The molecule has 3 rings (SSSR count). The van der Waals surface area contributed by atoms with Crippen LogP contribution in [-0.4, -0.2) is 49.8 Å². The third kappa shape index (κ3) is 2.38. The first kappa shape index (κ1) is 11.9. The van der Waals surface area contributed by atoms with Crippen LogP contribution in [0.5, 0.6) is 0 Å². The number of nitrogens with one attached hydrogen (secondary N) is 1. The zero-order valence-corrected chi connectivity index (χ0v) is 11.2. The van der Waals surface area contributed by atoms with Crippen LogP contribution in [0.3, 0.4) is 0 Å². The lowest BCUT2D eigenvalue weighted by atomic mass is 9.87. The fraction of sp³-hybridized carbons (Fsp3) is 1.00. The second-order valence-electron chi connectivity index (χ2n) is 6.32. The van der Waals surface area contributed by atoms with Gasteiger partial charge in [-0.2, -0.15) is 0 Å². The Morgan fingerprint density at radius 1 is 1.12 bits per heavy atom. The van der Waals surface area contributed by atoms with Gasteiger partial charge < -0.3 is 15.0 Å². The second kappa shape index (κ2) is 4.87. The predicted molar refractivity (Wildman–Crippen MR) is 69.1 cm³/mol. The van der Waals surface area contributed by atoms with Crippen LogP contribution in [0, 0.1) is 5.92 Å². The monoisotopic (exact) mass is 238 g/mol. The first-order chi connectivity index (χ1) is 8.26. The van der Waals surface area contributed by atoms with Gasteiger partial charge in [0.25, 0.3) is 0 Å². The van der Waals surface area contributed by atoms with Gasteiger partial charge in [0.15, 0.2) is 0 Å². The van der Waals surface area contributed by atoms with Crippen LogP contribution >= 0.6 is 0 Å². The molecule has 3 fully saturated rings. The molecule has 17 heavy (non-hydrogen) atoms. The number of fused-ring (bicyclic) bond motifs is 2. The van der Waals surface area contributed by atoms with Crippen molar-refractivity contribution in [2.24, 2.45) is 5.92 Å². The number of rotatable bonds is 4. The van der Waals surface area contributed by atoms with Gasteiger partial charge in [0.05, 0.1) is 6.10 Å². The summed E-state index contributed by atoms with van der Waals surface area (Å²) in [5.74, 6) is 0.922. The fourth-order valence-electron chi connectivity index (χ4n) is 3.95. The number of nitrogens with zero attached hydrogens (tertiary/aromatic N) is 1. The molecule has 1 aliphatic carbocycles. The molecule has 0 aromatic heterocycles. The molecule has 2 aliphatic heterocycles. The van der Waals surface area contributed by atoms with E-state index in [1.54, 1.807) is 0 Å². The number of methoxy groups -OCH3 is 1. The molecule has 0 amide bonds. The molecular formula is C14H26N2O. The standard InChI is InChI=1S/C14H26N2O/c1-16-12-3-4-13(16)6-10(5-12)9-15-11-7-14(8-11)17-2/h10-15H,3-9H2,1-2H3. The largest absolute Gasteiger partial charge is 0.381 e. The number of hydrogen-bond donors (Lipinski definition) is 1. The molecule has 2 atom stereocenters. The normalized spacial score (nSPS) is 45.9. The Bertz CT molecular complexity index is 251. The zero-order chi connectivity index (χ0) is 11.8. The highest BCUT2D eigenvalue weighted by atomic mass is 16.5. The Kier molecular flexibility index (Phi) is 3.42. The van der Waals surface area contributed by atoms with Crippen molar-refractivity contribution in [1.29, 1.82) is 0 Å². The van der Waals surface area contributed by atoms with E-state index in [9.17, 15) is 0 Å². The minimum atomic E-state index is 0.529. The Morgan fingerprint density at radius 3 is 2.35 bits per heavy atom. The molecule has 3 aliphatic rings. The minimum absolute atomic E-state index is 0.529. The molecule has 2 bridgehead atoms. The average molecular weight is 238 g/mol. The molecule has 1 N–H and O–H groups in total. The fourth-order valence-corrected chi connectivity index (χ4v) is 3.95. The SMILES string of the molecule is COC1CC(NCC2CC3CCC(C2)N3C)C1. The molecule has 1 saturated carbocycles. The van der Waals surface area contributed by atoms with Crippen molar-refractivity contribution < 1.29 is 4.74 Å². The first-order valence-corrected chi connectivity index (χ1v) is 7.24. The van der Waals surface area contributed by atoms with E-state index >= 15 is 0 Å². The minimum Gasteiger partial charge on any atom is -0.381 e. The molecule has 0 aromatic carbocycles. The molecule has 3 heteroatoms. The van der Waals surface area contributed by atoms with Crippen LogP contribution in [-0.2, 0) is 4.74 Å². The summed E-state index contributed by atoms with van der Waals surface area (Å²) < 4.78 is 5.32. The topological polar surface area (TPSA) is 24.5 Å². The lowest BCUT2D eigenvalue weighted by Crippen LogP contribution is -2.48. The lowest BCUT2D eigenvalue weighted by Gasteiger charge is -2.39. The highest BCUT2D eigenvalue weighted by Gasteiger charge is 2.38. The molecule has 2 saturated heterocycles. The van der Waals surface area contributed by atoms with Gasteiger partial charge in [-0.3, -0.25) is 0 Å². The van der Waals surface area contributed by atoms with Crippen LogP contribution in [0.1, 0.15) is 38.5 Å². The quantitative estimate of drug-likeness (QED) is 0.805. The summed E-state index contributed by atoms with van der Waals surface area (Å²) in [5.41, 5.74) is 0.